The predicted octanol–water partition coefficient (Wildman–Crippen LogP) is 19.9. The molecule has 0 aliphatic heterocycles. The molecule has 0 radical (unpaired) electrons. The van der Waals surface area contributed by atoms with Crippen LogP contribution in [0.15, 0.2) is 323 Å². The molecule has 0 N–H and O–H groups in total. The molecule has 0 atom stereocenters. The minimum absolute atomic E-state index is 0.583. The highest BCUT2D eigenvalue weighted by molar-refractivity contribution is 8.34. The average Bonchev–Trinajstić information content (AvgIpc) is 2.77. The van der Waals surface area contributed by atoms with Gasteiger partial charge in [0.05, 0.1) is 49.8 Å². The molecule has 12 aromatic carbocycles. The van der Waals surface area contributed by atoms with Gasteiger partial charge in [0.15, 0.2) is 0 Å². The number of hydrogen-bond acceptors (Lipinski definition) is 2. The van der Waals surface area contributed by atoms with Crippen LogP contribution in [0.2, 0.25) is 0 Å². The Hall–Kier alpha value is -10.7. The van der Waals surface area contributed by atoms with Gasteiger partial charge >= 0.3 is 0 Å². The molecule has 5 aromatic heterocycles. The first-order valence-electron chi connectivity index (χ1n) is 28.2. The summed E-state index contributed by atoms with van der Waals surface area (Å²) in [6.07, 6.45) is 0. The van der Waals surface area contributed by atoms with Gasteiger partial charge in [-0.2, -0.15) is 4.98 Å². The quantitative estimate of drug-likeness (QED) is 0.145. The molecule has 7 heteroatoms. The lowest BCUT2D eigenvalue weighted by atomic mass is 10.1. The van der Waals surface area contributed by atoms with E-state index in [-0.39, 0.29) is 0 Å². The van der Waals surface area contributed by atoms with E-state index >= 15 is 0 Å². The summed E-state index contributed by atoms with van der Waals surface area (Å²) in [5.74, 6) is 1.35. The Balaban J connectivity index is 0.921. The lowest BCUT2D eigenvalue weighted by Gasteiger charge is -2.42. The maximum absolute atomic E-state index is 5.77. The van der Waals surface area contributed by atoms with E-state index in [1.807, 2.05) is 0 Å². The number of rotatable bonds is 9. The van der Waals surface area contributed by atoms with Gasteiger partial charge in [-0.15, -0.1) is 10.0 Å². The van der Waals surface area contributed by atoms with Crippen molar-refractivity contribution in [1.82, 2.24) is 28.2 Å². The number of benzene rings is 12. The van der Waals surface area contributed by atoms with Crippen molar-refractivity contribution in [2.75, 3.05) is 0 Å². The SMILES string of the molecule is c1ccc(S(c2ccccc2)(c2ccccc2)c2ccc(-c3cc(-n4c5ccccc5c5ccc(-n6c7ccccc7c7ccccc76)cc54)nc(-n4c5ccccc5c5cc(-n6c7ccccc7c7ccccc76)ccc54)n3)cc2)cc1. The topological polar surface area (TPSA) is 45.5 Å². The summed E-state index contributed by atoms with van der Waals surface area (Å²) in [5, 5.41) is 9.46. The summed E-state index contributed by atoms with van der Waals surface area (Å²) >= 11 is 0. The second-order valence-corrected chi connectivity index (χ2v) is 24.4. The fourth-order valence-corrected chi connectivity index (χ4v) is 17.2. The van der Waals surface area contributed by atoms with E-state index in [0.717, 1.165) is 83.1 Å². The van der Waals surface area contributed by atoms with Crippen molar-refractivity contribution in [1.29, 1.82) is 0 Å². The number of para-hydroxylation sites is 6. The van der Waals surface area contributed by atoms with Crippen molar-refractivity contribution >= 4 is 97.3 Å². The zero-order valence-electron chi connectivity index (χ0n) is 45.0. The summed E-state index contributed by atoms with van der Waals surface area (Å²) in [4.78, 5) is 16.5. The Kier molecular flexibility index (Phi) is 10.6. The Labute approximate surface area is 480 Å². The molecule has 0 aliphatic carbocycles. The molecule has 17 rings (SSSR count). The Bertz CT molecular complexity index is 5180. The van der Waals surface area contributed by atoms with Gasteiger partial charge in [-0.05, 0) is 115 Å². The van der Waals surface area contributed by atoms with Gasteiger partial charge in [0.2, 0.25) is 5.95 Å². The standard InChI is InChI=1S/C76H50N6S/c1-4-22-54(23-5-1)83(55-24-6-2-7-25-55,56-26-8-3-9-27-56)57-44-40-51(41-45-57)66-50-75(81-71-38-20-14-32-62(71)64-46-42-53(49-74(64)81)80-69-36-18-12-30-60(69)61-31-13-19-37-70(61)80)78-76(77-66)82-72-39-21-15-33-63(72)65-48-52(43-47-73(65)82)79-67-34-16-10-28-58(67)59-29-11-17-35-68(59)79/h1-50H. The summed E-state index contributed by atoms with van der Waals surface area (Å²) in [6, 6.07) is 111. The minimum Gasteiger partial charge on any atom is -0.309 e. The van der Waals surface area contributed by atoms with Crippen molar-refractivity contribution in [3.63, 3.8) is 0 Å². The van der Waals surface area contributed by atoms with Gasteiger partial charge in [0, 0.05) is 85.7 Å². The summed E-state index contributed by atoms with van der Waals surface area (Å²) in [6.45, 7) is 0. The molecular formula is C76H50N6S. The molecule has 0 saturated heterocycles. The third kappa shape index (κ3) is 7.11. The smallest absolute Gasteiger partial charge is 0.237 e. The molecule has 83 heavy (non-hydrogen) atoms. The molecule has 0 amide bonds. The fraction of sp³-hybridized carbons (Fsp3) is 0. The molecular weight excluding hydrogens is 1030 g/mol. The Morgan fingerprint density at radius 1 is 0.229 bits per heavy atom. The highest BCUT2D eigenvalue weighted by atomic mass is 32.3. The van der Waals surface area contributed by atoms with Crippen LogP contribution in [0.1, 0.15) is 0 Å². The molecule has 0 bridgehead atoms. The van der Waals surface area contributed by atoms with Crippen LogP contribution < -0.4 is 0 Å². The summed E-state index contributed by atoms with van der Waals surface area (Å²) < 4.78 is 9.43. The van der Waals surface area contributed by atoms with Crippen molar-refractivity contribution in [3.05, 3.63) is 303 Å². The average molecular weight is 1080 g/mol. The normalized spacial score (nSPS) is 12.3. The number of nitrogens with zero attached hydrogens (tertiary/aromatic N) is 6. The van der Waals surface area contributed by atoms with Gasteiger partial charge in [0.1, 0.15) is 5.82 Å². The van der Waals surface area contributed by atoms with Crippen LogP contribution in [0.3, 0.4) is 0 Å². The van der Waals surface area contributed by atoms with Gasteiger partial charge in [0.25, 0.3) is 0 Å². The van der Waals surface area contributed by atoms with Crippen molar-refractivity contribution in [3.8, 4) is 34.4 Å². The van der Waals surface area contributed by atoms with E-state index in [2.05, 4.69) is 322 Å². The van der Waals surface area contributed by atoms with Crippen molar-refractivity contribution in [2.45, 2.75) is 19.6 Å². The van der Waals surface area contributed by atoms with Crippen LogP contribution in [-0.2, 0) is 0 Å². The van der Waals surface area contributed by atoms with Gasteiger partial charge in [-0.25, -0.2) is 4.98 Å². The first-order valence-corrected chi connectivity index (χ1v) is 29.8. The molecule has 0 unspecified atom stereocenters. The molecule has 0 spiro atoms. The number of hydrogen-bond donors (Lipinski definition) is 0. The monoisotopic (exact) mass is 1080 g/mol. The van der Waals surface area contributed by atoms with Crippen LogP contribution >= 0.6 is 10.0 Å². The first kappa shape index (κ1) is 47.1. The highest BCUT2D eigenvalue weighted by Gasteiger charge is 2.33. The minimum atomic E-state index is -1.93. The molecule has 17 aromatic rings. The Morgan fingerprint density at radius 2 is 0.578 bits per heavy atom. The van der Waals surface area contributed by atoms with Crippen LogP contribution in [0.5, 0.6) is 0 Å². The maximum atomic E-state index is 5.77. The zero-order valence-corrected chi connectivity index (χ0v) is 45.8. The first-order chi connectivity index (χ1) is 41.2. The summed E-state index contributed by atoms with van der Waals surface area (Å²) in [7, 11) is -1.93. The second kappa shape index (κ2) is 18.7. The van der Waals surface area contributed by atoms with Gasteiger partial charge in [-0.3, -0.25) is 9.13 Å². The molecule has 5 heterocycles. The van der Waals surface area contributed by atoms with E-state index in [0.29, 0.717) is 5.95 Å². The van der Waals surface area contributed by atoms with E-state index in [9.17, 15) is 0 Å². The van der Waals surface area contributed by atoms with E-state index < -0.39 is 10.0 Å². The maximum Gasteiger partial charge on any atom is 0.237 e. The summed E-state index contributed by atoms with van der Waals surface area (Å²) in [5.41, 5.74) is 12.8. The Morgan fingerprint density at radius 3 is 1.05 bits per heavy atom. The van der Waals surface area contributed by atoms with Gasteiger partial charge in [-0.1, -0.05) is 182 Å². The molecule has 0 aliphatic rings. The predicted molar refractivity (Wildman–Crippen MR) is 345 cm³/mol. The van der Waals surface area contributed by atoms with Crippen molar-refractivity contribution in [2.24, 2.45) is 0 Å². The fourth-order valence-electron chi connectivity index (χ4n) is 13.4. The van der Waals surface area contributed by atoms with E-state index in [1.165, 1.54) is 52.2 Å². The molecule has 6 nitrogen and oxygen atoms in total. The van der Waals surface area contributed by atoms with Crippen LogP contribution in [0, 0.1) is 0 Å². The largest absolute Gasteiger partial charge is 0.309 e. The third-order valence-corrected chi connectivity index (χ3v) is 20.8. The molecule has 0 saturated carbocycles. The zero-order chi connectivity index (χ0) is 54.6. The third-order valence-electron chi connectivity index (χ3n) is 16.9. The lowest BCUT2D eigenvalue weighted by Crippen LogP contribution is -2.08. The van der Waals surface area contributed by atoms with Crippen LogP contribution in [0.25, 0.3) is 122 Å². The number of aromatic nitrogens is 6. The van der Waals surface area contributed by atoms with Crippen LogP contribution in [0.4, 0.5) is 0 Å². The lowest BCUT2D eigenvalue weighted by molar-refractivity contribution is 0.951. The van der Waals surface area contributed by atoms with Crippen molar-refractivity contribution < 1.29 is 0 Å². The van der Waals surface area contributed by atoms with Crippen LogP contribution in [-0.4, -0.2) is 28.2 Å². The van der Waals surface area contributed by atoms with Gasteiger partial charge < -0.3 is 9.13 Å². The second-order valence-electron chi connectivity index (χ2n) is 21.3. The molecule has 390 valence electrons. The number of fused-ring (bicyclic) bond motifs is 12. The van der Waals surface area contributed by atoms with E-state index in [4.69, 9.17) is 9.97 Å². The highest BCUT2D eigenvalue weighted by Crippen LogP contribution is 2.73. The molecule has 0 fully saturated rings. The van der Waals surface area contributed by atoms with E-state index in [1.54, 1.807) is 0 Å².